The first-order valence-electron chi connectivity index (χ1n) is 17.6. The molecule has 0 spiro atoms. The minimum absolute atomic E-state index is 0.0597. The number of rotatable bonds is 9. The standard InChI is InChI=1S/C15H23N5.C10H11F3N6.C10H14N6/c1-5-13-18(8-4)14(6-2)20(12-10-17)15(7-3)19(13)11-9-16;1-8-17(4-2-14)7-18(5-3-15)9(10(11,12)13)19(8)6-16;1-9-14(5-3-11)8-15(6-4-12)10(2)16(9)7-13/h4,13-15H,5-7,11-12H2,1-3H3;8-9H,4-5,7H2,1H3;9-10H,5-6,8H2,1-2H3. The van der Waals surface area contributed by atoms with Crippen LogP contribution >= 0.6 is 0 Å². The third-order valence-electron chi connectivity index (χ3n) is 9.67. The molecule has 0 bridgehead atoms. The van der Waals surface area contributed by atoms with Crippen molar-refractivity contribution in [3.63, 3.8) is 0 Å². The summed E-state index contributed by atoms with van der Waals surface area (Å²) >= 11 is 0. The Kier molecular flexibility index (Phi) is 20.1. The molecule has 0 radical (unpaired) electrons. The van der Waals surface area contributed by atoms with Crippen molar-refractivity contribution in [2.75, 3.05) is 52.6 Å². The normalized spacial score (nSPS) is 26.6. The van der Waals surface area contributed by atoms with Crippen LogP contribution in [0.1, 0.15) is 60.8 Å². The molecule has 3 aliphatic heterocycles. The summed E-state index contributed by atoms with van der Waals surface area (Å²) in [6, 6.07) is 14.8. The summed E-state index contributed by atoms with van der Waals surface area (Å²) in [6.07, 6.45) is 4.26. The zero-order valence-electron chi connectivity index (χ0n) is 32.1. The molecule has 55 heavy (non-hydrogen) atoms. The third-order valence-corrected chi connectivity index (χ3v) is 9.67. The minimum Gasteiger partial charge on any atom is -0.300 e. The van der Waals surface area contributed by atoms with Gasteiger partial charge in [-0.15, -0.1) is 0 Å². The Labute approximate surface area is 323 Å². The highest BCUT2D eigenvalue weighted by atomic mass is 19.4. The van der Waals surface area contributed by atoms with Gasteiger partial charge >= 0.3 is 6.18 Å². The van der Waals surface area contributed by atoms with E-state index in [0.29, 0.717) is 24.7 Å². The fourth-order valence-corrected chi connectivity index (χ4v) is 7.03. The fraction of sp³-hybridized carbons (Fsp3) is 0.714. The summed E-state index contributed by atoms with van der Waals surface area (Å²) in [5.74, 6) is 0. The molecule has 0 N–H and O–H groups in total. The van der Waals surface area contributed by atoms with Crippen molar-refractivity contribution >= 4 is 0 Å². The number of hydrogen-bond acceptors (Lipinski definition) is 17. The number of alkyl halides is 3. The Balaban J connectivity index is 0.000000415. The predicted molar refractivity (Wildman–Crippen MR) is 190 cm³/mol. The third kappa shape index (κ3) is 11.7. The van der Waals surface area contributed by atoms with Gasteiger partial charge in [0, 0.05) is 6.04 Å². The van der Waals surface area contributed by atoms with Gasteiger partial charge in [0.25, 0.3) is 0 Å². The van der Waals surface area contributed by atoms with E-state index in [1.165, 1.54) is 18.0 Å². The first kappa shape index (κ1) is 47.5. The van der Waals surface area contributed by atoms with Crippen molar-refractivity contribution in [1.29, 1.82) is 42.1 Å². The van der Waals surface area contributed by atoms with Crippen LogP contribution in [0, 0.1) is 103 Å². The van der Waals surface area contributed by atoms with Crippen LogP contribution in [-0.4, -0.2) is 146 Å². The molecule has 6 unspecified atom stereocenters. The van der Waals surface area contributed by atoms with Gasteiger partial charge in [-0.1, -0.05) is 27.2 Å². The van der Waals surface area contributed by atoms with Crippen molar-refractivity contribution in [3.05, 3.63) is 0 Å². The van der Waals surface area contributed by atoms with Gasteiger partial charge in [0.05, 0.1) is 126 Å². The molecule has 17 nitrogen and oxygen atoms in total. The van der Waals surface area contributed by atoms with Crippen LogP contribution in [0.4, 0.5) is 13.2 Å². The molecule has 3 fully saturated rings. The average molecular weight is 764 g/mol. The van der Waals surface area contributed by atoms with Gasteiger partial charge < -0.3 is 0 Å². The topological polar surface area (TPSA) is 219 Å². The summed E-state index contributed by atoms with van der Waals surface area (Å²) in [5, 5.41) is 70.8. The monoisotopic (exact) mass is 763 g/mol. The Bertz CT molecular complexity index is 1550. The summed E-state index contributed by atoms with van der Waals surface area (Å²) in [4.78, 5) is 14.3. The maximum Gasteiger partial charge on any atom is 0.423 e. The first-order valence-corrected chi connectivity index (χ1v) is 17.6. The van der Waals surface area contributed by atoms with Crippen LogP contribution in [-0.2, 0) is 0 Å². The molecule has 0 aromatic rings. The van der Waals surface area contributed by atoms with Crippen molar-refractivity contribution in [2.24, 2.45) is 0 Å². The predicted octanol–water partition coefficient (Wildman–Crippen LogP) is 2.46. The van der Waals surface area contributed by atoms with Crippen molar-refractivity contribution in [2.45, 2.75) is 110 Å². The SMILES string of the molecule is C#CN1C(CC)N(CC#N)C(CC)N(CC#N)C1CC.CC1N(CC#N)CN(CC#N)C(C(F)(F)F)N1C#N.CC1N(CC#N)CN(CC#N)C(C)N1C#N. The highest BCUT2D eigenvalue weighted by Gasteiger charge is 2.53. The molecule has 20 heteroatoms. The lowest BCUT2D eigenvalue weighted by Gasteiger charge is -2.55. The highest BCUT2D eigenvalue weighted by Crippen LogP contribution is 2.33. The van der Waals surface area contributed by atoms with Crippen LogP contribution < -0.4 is 0 Å². The lowest BCUT2D eigenvalue weighted by atomic mass is 10.1. The molecule has 0 aliphatic carbocycles. The summed E-state index contributed by atoms with van der Waals surface area (Å²) in [5.41, 5.74) is 0. The minimum atomic E-state index is -4.65. The lowest BCUT2D eigenvalue weighted by Crippen LogP contribution is -2.69. The van der Waals surface area contributed by atoms with E-state index in [1.54, 1.807) is 11.0 Å². The molecule has 3 saturated heterocycles. The van der Waals surface area contributed by atoms with Gasteiger partial charge in [0.15, 0.2) is 18.6 Å². The Morgan fingerprint density at radius 3 is 1.13 bits per heavy atom. The van der Waals surface area contributed by atoms with Gasteiger partial charge in [-0.3, -0.25) is 39.2 Å². The van der Waals surface area contributed by atoms with E-state index >= 15 is 0 Å². The number of halogens is 3. The van der Waals surface area contributed by atoms with Crippen LogP contribution in [0.2, 0.25) is 0 Å². The van der Waals surface area contributed by atoms with Gasteiger partial charge in [0.2, 0.25) is 0 Å². The van der Waals surface area contributed by atoms with Crippen LogP contribution in [0.5, 0.6) is 0 Å². The number of nitriles is 8. The van der Waals surface area contributed by atoms with E-state index in [-0.39, 0.29) is 57.1 Å². The van der Waals surface area contributed by atoms with Gasteiger partial charge in [-0.2, -0.15) is 55.3 Å². The van der Waals surface area contributed by atoms with Crippen molar-refractivity contribution < 1.29 is 13.2 Å². The van der Waals surface area contributed by atoms with Gasteiger partial charge in [0.1, 0.15) is 0 Å². The van der Waals surface area contributed by atoms with E-state index in [0.717, 1.165) is 24.2 Å². The van der Waals surface area contributed by atoms with E-state index in [1.807, 2.05) is 34.6 Å². The molecular formula is C35H48F3N17. The Morgan fingerprint density at radius 2 is 0.836 bits per heavy atom. The largest absolute Gasteiger partial charge is 0.423 e. The molecule has 0 aromatic heterocycles. The Hall–Kier alpha value is -5.57. The highest BCUT2D eigenvalue weighted by molar-refractivity contribution is 5.03. The van der Waals surface area contributed by atoms with Crippen molar-refractivity contribution in [1.82, 2.24) is 44.1 Å². The quantitative estimate of drug-likeness (QED) is 0.187. The molecular weight excluding hydrogens is 715 g/mol. The maximum absolute atomic E-state index is 13.0. The zero-order valence-corrected chi connectivity index (χ0v) is 32.1. The number of hydrogen-bond donors (Lipinski definition) is 0. The number of nitrogens with zero attached hydrogens (tertiary/aromatic N) is 17. The second kappa shape index (κ2) is 23.3. The van der Waals surface area contributed by atoms with Gasteiger partial charge in [-0.05, 0) is 40.0 Å². The summed E-state index contributed by atoms with van der Waals surface area (Å²) < 4.78 is 39.0. The van der Waals surface area contributed by atoms with E-state index in [4.69, 9.17) is 48.5 Å². The van der Waals surface area contributed by atoms with E-state index < -0.39 is 25.1 Å². The van der Waals surface area contributed by atoms with Crippen molar-refractivity contribution in [3.8, 4) is 61.3 Å². The molecule has 0 amide bonds. The van der Waals surface area contributed by atoms with Crippen LogP contribution in [0.25, 0.3) is 0 Å². The van der Waals surface area contributed by atoms with Crippen LogP contribution in [0.3, 0.4) is 0 Å². The zero-order chi connectivity index (χ0) is 41.9. The van der Waals surface area contributed by atoms with Gasteiger partial charge in [-0.25, -0.2) is 4.90 Å². The van der Waals surface area contributed by atoms with E-state index in [9.17, 15) is 13.2 Å². The molecule has 3 heterocycles. The molecule has 294 valence electrons. The van der Waals surface area contributed by atoms with Crippen LogP contribution in [0.15, 0.2) is 0 Å². The lowest BCUT2D eigenvalue weighted by molar-refractivity contribution is -0.251. The smallest absolute Gasteiger partial charge is 0.300 e. The molecule has 3 rings (SSSR count). The molecule has 0 saturated carbocycles. The number of terminal acetylenes is 1. The Morgan fingerprint density at radius 1 is 0.509 bits per heavy atom. The average Bonchev–Trinajstić information content (AvgIpc) is 3.15. The molecule has 3 aliphatic rings. The fourth-order valence-electron chi connectivity index (χ4n) is 7.03. The molecule has 6 atom stereocenters. The maximum atomic E-state index is 13.0. The second-order valence-corrected chi connectivity index (χ2v) is 12.6. The summed E-state index contributed by atoms with van der Waals surface area (Å²) in [7, 11) is 0. The molecule has 0 aromatic carbocycles. The first-order chi connectivity index (χ1) is 26.2. The summed E-state index contributed by atoms with van der Waals surface area (Å²) in [6.45, 7) is 12.4. The second-order valence-electron chi connectivity index (χ2n) is 12.6. The van der Waals surface area contributed by atoms with E-state index in [2.05, 4.69) is 67.1 Å².